The predicted octanol–water partition coefficient (Wildman–Crippen LogP) is 2.06. The van der Waals surface area contributed by atoms with Crippen LogP contribution in [0.5, 0.6) is 5.75 Å². The van der Waals surface area contributed by atoms with Gasteiger partial charge in [-0.3, -0.25) is 0 Å². The van der Waals surface area contributed by atoms with Crippen molar-refractivity contribution in [3.8, 4) is 17.6 Å². The van der Waals surface area contributed by atoms with Gasteiger partial charge in [0.05, 0.1) is 7.11 Å². The number of aliphatic imine (C=N–C) groups is 1. The van der Waals surface area contributed by atoms with E-state index in [9.17, 15) is 0 Å². The van der Waals surface area contributed by atoms with E-state index < -0.39 is 0 Å². The van der Waals surface area contributed by atoms with Crippen molar-refractivity contribution in [1.82, 2.24) is 0 Å². The van der Waals surface area contributed by atoms with E-state index in [-0.39, 0.29) is 24.0 Å². The molecule has 0 aromatic heterocycles. The van der Waals surface area contributed by atoms with Crippen LogP contribution in [0.4, 0.5) is 5.69 Å². The predicted molar refractivity (Wildman–Crippen MR) is 82.0 cm³/mol. The van der Waals surface area contributed by atoms with Crippen LogP contribution >= 0.6 is 24.0 Å². The van der Waals surface area contributed by atoms with Crippen molar-refractivity contribution in [3.05, 3.63) is 24.3 Å². The second-order valence-corrected chi connectivity index (χ2v) is 2.99. The highest BCUT2D eigenvalue weighted by Gasteiger charge is 1.96. The summed E-state index contributed by atoms with van der Waals surface area (Å²) in [5.74, 6) is 6.66. The number of halogens is 1. The van der Waals surface area contributed by atoms with E-state index in [2.05, 4.69) is 22.2 Å². The number of guanidine groups is 1. The molecule has 3 N–H and O–H groups in total. The molecule has 0 unspecified atom stereocenters. The molecule has 17 heavy (non-hydrogen) atoms. The second-order valence-electron chi connectivity index (χ2n) is 2.99. The van der Waals surface area contributed by atoms with Gasteiger partial charge >= 0.3 is 0 Å². The van der Waals surface area contributed by atoms with E-state index >= 15 is 0 Å². The van der Waals surface area contributed by atoms with E-state index in [0.29, 0.717) is 12.5 Å². The van der Waals surface area contributed by atoms with Crippen LogP contribution in [0.2, 0.25) is 0 Å². The highest BCUT2D eigenvalue weighted by Crippen LogP contribution is 2.16. The van der Waals surface area contributed by atoms with Gasteiger partial charge in [0.25, 0.3) is 0 Å². The summed E-state index contributed by atoms with van der Waals surface area (Å²) in [6.45, 7) is 2.17. The van der Waals surface area contributed by atoms with Crippen LogP contribution in [0.25, 0.3) is 0 Å². The molecule has 1 aromatic carbocycles. The quantitative estimate of drug-likeness (QED) is 0.382. The molecule has 0 spiro atoms. The second kappa shape index (κ2) is 8.70. The number of nitrogens with one attached hydrogen (secondary N) is 1. The average molecular weight is 345 g/mol. The molecule has 0 bridgehead atoms. The summed E-state index contributed by atoms with van der Waals surface area (Å²) in [5, 5.41) is 2.96. The van der Waals surface area contributed by atoms with Crippen molar-refractivity contribution >= 4 is 35.6 Å². The van der Waals surface area contributed by atoms with E-state index in [0.717, 1.165) is 11.4 Å². The van der Waals surface area contributed by atoms with Crippen molar-refractivity contribution in [2.75, 3.05) is 19.0 Å². The molecule has 4 nitrogen and oxygen atoms in total. The number of nitrogens with zero attached hydrogens (tertiary/aromatic N) is 1. The molecule has 0 amide bonds. The zero-order valence-corrected chi connectivity index (χ0v) is 12.2. The molecule has 92 valence electrons. The van der Waals surface area contributed by atoms with Crippen molar-refractivity contribution in [2.24, 2.45) is 10.7 Å². The normalized spacial score (nSPS) is 9.65. The van der Waals surface area contributed by atoms with Crippen LogP contribution in [0.1, 0.15) is 6.92 Å². The Hall–Kier alpha value is -1.42. The van der Waals surface area contributed by atoms with Gasteiger partial charge in [0.2, 0.25) is 0 Å². The van der Waals surface area contributed by atoms with Crippen LogP contribution in [0.15, 0.2) is 29.3 Å². The summed E-state index contributed by atoms with van der Waals surface area (Å²) in [4.78, 5) is 4.03. The van der Waals surface area contributed by atoms with Gasteiger partial charge in [-0.05, 0) is 19.1 Å². The number of hydrogen-bond donors (Lipinski definition) is 2. The lowest BCUT2D eigenvalue weighted by Crippen LogP contribution is -2.22. The summed E-state index contributed by atoms with van der Waals surface area (Å²) in [6, 6.07) is 7.46. The smallest absolute Gasteiger partial charge is 0.194 e. The minimum atomic E-state index is 0. The number of benzene rings is 1. The summed E-state index contributed by atoms with van der Waals surface area (Å²) in [7, 11) is 1.62. The van der Waals surface area contributed by atoms with Gasteiger partial charge in [-0.2, -0.15) is 0 Å². The van der Waals surface area contributed by atoms with Crippen LogP contribution in [-0.2, 0) is 0 Å². The number of rotatable bonds is 3. The van der Waals surface area contributed by atoms with E-state index in [1.807, 2.05) is 24.3 Å². The van der Waals surface area contributed by atoms with Crippen LogP contribution in [0, 0.1) is 11.8 Å². The molecule has 0 heterocycles. The third-order valence-electron chi connectivity index (χ3n) is 1.85. The van der Waals surface area contributed by atoms with Gasteiger partial charge < -0.3 is 15.8 Å². The molecule has 1 rings (SSSR count). The van der Waals surface area contributed by atoms with Gasteiger partial charge in [-0.25, -0.2) is 4.99 Å². The lowest BCUT2D eigenvalue weighted by molar-refractivity contribution is 0.415. The van der Waals surface area contributed by atoms with Crippen molar-refractivity contribution in [3.63, 3.8) is 0 Å². The molecule has 0 aliphatic rings. The maximum Gasteiger partial charge on any atom is 0.194 e. The van der Waals surface area contributed by atoms with Gasteiger partial charge in [0.1, 0.15) is 12.3 Å². The van der Waals surface area contributed by atoms with Crippen molar-refractivity contribution < 1.29 is 4.74 Å². The molecule has 5 heteroatoms. The van der Waals surface area contributed by atoms with Crippen molar-refractivity contribution in [2.45, 2.75) is 6.92 Å². The standard InChI is InChI=1S/C12H15N3O.HI/c1-3-4-8-14-12(13)15-10-6-5-7-11(9-10)16-2;/h5-7,9H,8H2,1-2H3,(H3,13,14,15);1H. The van der Waals surface area contributed by atoms with Gasteiger partial charge in [-0.15, -0.1) is 29.9 Å². The average Bonchev–Trinajstić information content (AvgIpc) is 2.29. The maximum absolute atomic E-state index is 5.67. The molecule has 0 saturated heterocycles. The van der Waals surface area contributed by atoms with E-state index in [1.54, 1.807) is 14.0 Å². The molecule has 0 atom stereocenters. The van der Waals surface area contributed by atoms with Gasteiger partial charge in [-0.1, -0.05) is 12.0 Å². The van der Waals surface area contributed by atoms with Crippen molar-refractivity contribution in [1.29, 1.82) is 0 Å². The van der Waals surface area contributed by atoms with Crippen LogP contribution in [-0.4, -0.2) is 19.6 Å². The molecule has 0 fully saturated rings. The zero-order chi connectivity index (χ0) is 11.8. The number of nitrogens with two attached hydrogens (primary N) is 1. The van der Waals surface area contributed by atoms with E-state index in [1.165, 1.54) is 0 Å². The third-order valence-corrected chi connectivity index (χ3v) is 1.85. The highest BCUT2D eigenvalue weighted by molar-refractivity contribution is 14.0. The molecule has 0 aliphatic carbocycles. The zero-order valence-electron chi connectivity index (χ0n) is 9.86. The largest absolute Gasteiger partial charge is 0.497 e. The highest BCUT2D eigenvalue weighted by atomic mass is 127. The maximum atomic E-state index is 5.67. The van der Waals surface area contributed by atoms with Gasteiger partial charge in [0.15, 0.2) is 5.96 Å². The number of anilines is 1. The lowest BCUT2D eigenvalue weighted by Gasteiger charge is -2.06. The number of ether oxygens (including phenoxy) is 1. The summed E-state index contributed by atoms with van der Waals surface area (Å²) in [6.07, 6.45) is 0. The Morgan fingerprint density at radius 1 is 1.53 bits per heavy atom. The molecule has 0 aliphatic heterocycles. The van der Waals surface area contributed by atoms with E-state index in [4.69, 9.17) is 10.5 Å². The first-order valence-corrected chi connectivity index (χ1v) is 4.87. The van der Waals surface area contributed by atoms with Gasteiger partial charge in [0, 0.05) is 11.8 Å². The Balaban J connectivity index is 0.00000256. The first-order chi connectivity index (χ1) is 7.76. The first kappa shape index (κ1) is 15.6. The first-order valence-electron chi connectivity index (χ1n) is 4.87. The fraction of sp³-hybridized carbons (Fsp3) is 0.250. The summed E-state index contributed by atoms with van der Waals surface area (Å²) < 4.78 is 5.09. The molecule has 0 radical (unpaired) electrons. The summed E-state index contributed by atoms with van der Waals surface area (Å²) in [5.41, 5.74) is 6.51. The molecule has 0 saturated carbocycles. The van der Waals surface area contributed by atoms with Crippen LogP contribution in [0.3, 0.4) is 0 Å². The third kappa shape index (κ3) is 6.02. The summed E-state index contributed by atoms with van der Waals surface area (Å²) >= 11 is 0. The Bertz CT molecular complexity index is 435. The Kier molecular flexibility index (Phi) is 7.97. The number of methoxy groups -OCH3 is 1. The Labute approximate surface area is 119 Å². The minimum absolute atomic E-state index is 0. The fourth-order valence-electron chi connectivity index (χ4n) is 1.09. The minimum Gasteiger partial charge on any atom is -0.497 e. The molecular weight excluding hydrogens is 329 g/mol. The fourth-order valence-corrected chi connectivity index (χ4v) is 1.09. The molecule has 1 aromatic rings. The Morgan fingerprint density at radius 3 is 2.94 bits per heavy atom. The molecular formula is C12H16IN3O. The Morgan fingerprint density at radius 2 is 2.29 bits per heavy atom. The topological polar surface area (TPSA) is 59.6 Å². The lowest BCUT2D eigenvalue weighted by atomic mass is 10.3. The number of hydrogen-bond acceptors (Lipinski definition) is 2. The monoisotopic (exact) mass is 345 g/mol. The van der Waals surface area contributed by atoms with Crippen LogP contribution < -0.4 is 15.8 Å². The SMILES string of the molecule is CC#CCN=C(N)Nc1cccc(OC)c1.I.